The molecule has 0 fully saturated rings. The third-order valence-corrected chi connectivity index (χ3v) is 7.32. The molecule has 3 N–H and O–H groups in total. The number of nitrogens with zero attached hydrogens (tertiary/aromatic N) is 3. The van der Waals surface area contributed by atoms with Gasteiger partial charge in [-0.05, 0) is 95.8 Å². The van der Waals surface area contributed by atoms with Gasteiger partial charge in [0.2, 0.25) is 0 Å². The number of rotatable bonds is 12. The lowest BCUT2D eigenvalue weighted by atomic mass is 10.1. The number of carbonyl (C=O) groups is 3. The van der Waals surface area contributed by atoms with Gasteiger partial charge in [0.25, 0.3) is 11.6 Å². The Hall–Kier alpha value is -5.60. The smallest absolute Gasteiger partial charge is 0.407 e. The van der Waals surface area contributed by atoms with Crippen LogP contribution >= 0.6 is 0 Å². The molecule has 4 aromatic rings. The predicted octanol–water partition coefficient (Wildman–Crippen LogP) is 6.87. The summed E-state index contributed by atoms with van der Waals surface area (Å²) in [5.74, 6) is -1.91. The Bertz CT molecular complexity index is 1900. The average Bonchev–Trinajstić information content (AvgIpc) is 3.38. The molecule has 0 aliphatic heterocycles. The van der Waals surface area contributed by atoms with Crippen molar-refractivity contribution in [1.29, 1.82) is 0 Å². The maximum absolute atomic E-state index is 15.0. The van der Waals surface area contributed by atoms with E-state index >= 15 is 4.39 Å². The van der Waals surface area contributed by atoms with Crippen molar-refractivity contribution < 1.29 is 37.6 Å². The SMILES string of the molecule is CC(C)(C)OC(=O)NCCC[C@@H](CNC(=O)c1nc2ccc(-c3ccc(F)cc3)cc2n1Cc1cc([N+](=O)[O-])ccc1F)NC(=O)OC(C)(C)C. The van der Waals surface area contributed by atoms with Crippen LogP contribution in [0.1, 0.15) is 70.6 Å². The highest BCUT2D eigenvalue weighted by Gasteiger charge is 2.24. The van der Waals surface area contributed by atoms with Crippen molar-refractivity contribution in [2.75, 3.05) is 13.1 Å². The quantitative estimate of drug-likeness (QED) is 0.0815. The summed E-state index contributed by atoms with van der Waals surface area (Å²) in [5.41, 5.74) is 0.313. The van der Waals surface area contributed by atoms with Gasteiger partial charge in [0.1, 0.15) is 22.8 Å². The van der Waals surface area contributed by atoms with Crippen LogP contribution in [-0.4, -0.2) is 62.9 Å². The number of alkyl carbamates (subject to hydrolysis) is 2. The number of benzene rings is 3. The van der Waals surface area contributed by atoms with Gasteiger partial charge < -0.3 is 30.0 Å². The van der Waals surface area contributed by atoms with E-state index in [1.165, 1.54) is 16.7 Å². The van der Waals surface area contributed by atoms with E-state index in [1.54, 1.807) is 71.9 Å². The lowest BCUT2D eigenvalue weighted by molar-refractivity contribution is -0.385. The van der Waals surface area contributed by atoms with Crippen LogP contribution < -0.4 is 16.0 Å². The Morgan fingerprint density at radius 2 is 1.53 bits per heavy atom. The van der Waals surface area contributed by atoms with E-state index in [0.29, 0.717) is 35.0 Å². The fraction of sp³-hybridized carbons (Fsp3) is 0.389. The van der Waals surface area contributed by atoms with Crippen molar-refractivity contribution in [1.82, 2.24) is 25.5 Å². The minimum atomic E-state index is -0.782. The number of nitro benzene ring substituents is 1. The number of hydrogen-bond donors (Lipinski definition) is 3. The van der Waals surface area contributed by atoms with E-state index in [9.17, 15) is 28.9 Å². The highest BCUT2D eigenvalue weighted by atomic mass is 19.1. The largest absolute Gasteiger partial charge is 0.444 e. The molecule has 3 amide bonds. The first-order valence-electron chi connectivity index (χ1n) is 16.3. The molecule has 1 aromatic heterocycles. The van der Waals surface area contributed by atoms with Crippen molar-refractivity contribution >= 4 is 34.8 Å². The fourth-order valence-corrected chi connectivity index (χ4v) is 5.09. The number of amides is 3. The third kappa shape index (κ3) is 11.2. The summed E-state index contributed by atoms with van der Waals surface area (Å²) in [6.45, 7) is 10.3. The Morgan fingerprint density at radius 3 is 2.18 bits per heavy atom. The number of fused-ring (bicyclic) bond motifs is 1. The number of imidazole rings is 1. The molecule has 15 heteroatoms. The van der Waals surface area contributed by atoms with Crippen LogP contribution in [0.25, 0.3) is 22.2 Å². The molecule has 0 saturated carbocycles. The molecule has 1 heterocycles. The maximum Gasteiger partial charge on any atom is 0.407 e. The van der Waals surface area contributed by atoms with Crippen LogP contribution in [0.5, 0.6) is 0 Å². The van der Waals surface area contributed by atoms with E-state index in [0.717, 1.165) is 18.2 Å². The summed E-state index contributed by atoms with van der Waals surface area (Å²) >= 11 is 0. The molecule has 0 aliphatic carbocycles. The van der Waals surface area contributed by atoms with Gasteiger partial charge in [-0.1, -0.05) is 18.2 Å². The third-order valence-electron chi connectivity index (χ3n) is 7.32. The summed E-state index contributed by atoms with van der Waals surface area (Å²) in [5, 5.41) is 19.7. The first-order chi connectivity index (χ1) is 23.9. The van der Waals surface area contributed by atoms with Crippen LogP contribution in [0.3, 0.4) is 0 Å². The zero-order valence-electron chi connectivity index (χ0n) is 29.3. The van der Waals surface area contributed by atoms with Gasteiger partial charge in [-0.3, -0.25) is 14.9 Å². The molecule has 0 unspecified atom stereocenters. The van der Waals surface area contributed by atoms with Crippen molar-refractivity contribution in [3.63, 3.8) is 0 Å². The molecule has 0 bridgehead atoms. The van der Waals surface area contributed by atoms with Crippen molar-refractivity contribution in [2.45, 2.75) is 78.2 Å². The Balaban J connectivity index is 1.61. The number of ether oxygens (including phenoxy) is 2. The summed E-state index contributed by atoms with van der Waals surface area (Å²) in [4.78, 5) is 53.9. The first kappa shape index (κ1) is 38.2. The van der Waals surface area contributed by atoms with E-state index in [4.69, 9.17) is 9.47 Å². The van der Waals surface area contributed by atoms with Crippen LogP contribution in [0, 0.1) is 21.7 Å². The summed E-state index contributed by atoms with van der Waals surface area (Å²) in [6.07, 6.45) is -0.560. The molecule has 13 nitrogen and oxygen atoms in total. The minimum absolute atomic E-state index is 0.0494. The van der Waals surface area contributed by atoms with Gasteiger partial charge in [-0.15, -0.1) is 0 Å². The molecule has 0 radical (unpaired) electrons. The number of non-ortho nitro benzene ring substituents is 1. The highest BCUT2D eigenvalue weighted by molar-refractivity contribution is 5.96. The van der Waals surface area contributed by atoms with Crippen molar-refractivity contribution in [2.24, 2.45) is 0 Å². The van der Waals surface area contributed by atoms with Crippen molar-refractivity contribution in [3.8, 4) is 11.1 Å². The number of nitro groups is 1. The second-order valence-electron chi connectivity index (χ2n) is 13.9. The second-order valence-corrected chi connectivity index (χ2v) is 13.9. The molecule has 272 valence electrons. The number of halogens is 2. The molecular formula is C36H42F2N6O7. The van der Waals surface area contributed by atoms with Crippen LogP contribution in [0.4, 0.5) is 24.1 Å². The summed E-state index contributed by atoms with van der Waals surface area (Å²) < 4.78 is 40.8. The normalized spacial score (nSPS) is 12.2. The van der Waals surface area contributed by atoms with Crippen molar-refractivity contribution in [3.05, 3.63) is 93.8 Å². The molecule has 1 atom stereocenters. The van der Waals surface area contributed by atoms with E-state index in [-0.39, 0.29) is 36.7 Å². The Kier molecular flexibility index (Phi) is 12.0. The van der Waals surface area contributed by atoms with E-state index in [2.05, 4.69) is 20.9 Å². The Morgan fingerprint density at radius 1 is 0.882 bits per heavy atom. The standard InChI is InChI=1S/C36H42F2N6O7/c1-35(2,3)50-33(46)39-17-7-8-26(41-34(47)51-36(4,5)6)20-40-32(45)31-42-29-16-11-23(22-9-12-25(37)13-10-22)19-30(29)43(31)21-24-18-27(44(48)49)14-15-28(24)38/h9-16,18-19,26H,7-8,17,20-21H2,1-6H3,(H,39,46)(H,40,45)(H,41,47)/t26-/m0/s1. The lowest BCUT2D eigenvalue weighted by Gasteiger charge is -2.24. The zero-order chi connectivity index (χ0) is 37.5. The number of aromatic nitrogens is 2. The average molecular weight is 709 g/mol. The number of nitrogens with one attached hydrogen (secondary N) is 3. The molecule has 0 spiro atoms. The summed E-state index contributed by atoms with van der Waals surface area (Å²) in [6, 6.07) is 13.4. The van der Waals surface area contributed by atoms with Gasteiger partial charge in [0, 0.05) is 36.8 Å². The molecular weight excluding hydrogens is 666 g/mol. The lowest BCUT2D eigenvalue weighted by Crippen LogP contribution is -2.46. The molecule has 4 rings (SSSR count). The fourth-order valence-electron chi connectivity index (χ4n) is 5.09. The van der Waals surface area contributed by atoms with Crippen LogP contribution in [0.15, 0.2) is 60.7 Å². The first-order valence-corrected chi connectivity index (χ1v) is 16.3. The predicted molar refractivity (Wildman–Crippen MR) is 186 cm³/mol. The van der Waals surface area contributed by atoms with Gasteiger partial charge >= 0.3 is 12.2 Å². The zero-order valence-corrected chi connectivity index (χ0v) is 29.3. The van der Waals surface area contributed by atoms with Gasteiger partial charge in [0.15, 0.2) is 5.82 Å². The molecule has 0 saturated heterocycles. The molecule has 0 aliphatic rings. The number of hydrogen-bond acceptors (Lipinski definition) is 8. The second kappa shape index (κ2) is 16.0. The summed E-state index contributed by atoms with van der Waals surface area (Å²) in [7, 11) is 0. The number of carbonyl (C=O) groups excluding carboxylic acids is 3. The maximum atomic E-state index is 15.0. The van der Waals surface area contributed by atoms with Gasteiger partial charge in [0.05, 0.1) is 22.5 Å². The van der Waals surface area contributed by atoms with E-state index < -0.39 is 51.9 Å². The van der Waals surface area contributed by atoms with E-state index in [1.807, 2.05) is 0 Å². The monoisotopic (exact) mass is 708 g/mol. The van der Waals surface area contributed by atoms with Gasteiger partial charge in [-0.25, -0.2) is 23.4 Å². The molecule has 3 aromatic carbocycles. The minimum Gasteiger partial charge on any atom is -0.444 e. The Labute approximate surface area is 293 Å². The van der Waals surface area contributed by atoms with Crippen LogP contribution in [-0.2, 0) is 16.0 Å². The topological polar surface area (TPSA) is 167 Å². The molecule has 51 heavy (non-hydrogen) atoms. The van der Waals surface area contributed by atoms with Crippen LogP contribution in [0.2, 0.25) is 0 Å². The highest BCUT2D eigenvalue weighted by Crippen LogP contribution is 2.27. The van der Waals surface area contributed by atoms with Gasteiger partial charge in [-0.2, -0.15) is 0 Å².